The summed E-state index contributed by atoms with van der Waals surface area (Å²) in [4.78, 5) is 0. The quantitative estimate of drug-likeness (QED) is 0.624. The highest BCUT2D eigenvalue weighted by Crippen LogP contribution is 1.98. The Hall–Kier alpha value is 0.396. The summed E-state index contributed by atoms with van der Waals surface area (Å²) < 4.78 is 13.6. The normalized spacial score (nSPS) is 9.10. The van der Waals surface area contributed by atoms with Crippen LogP contribution in [0, 0.1) is 12.7 Å². The first kappa shape index (κ1) is 8.49. The van der Waals surface area contributed by atoms with Crippen LogP contribution in [0.1, 0.15) is 5.56 Å². The predicted octanol–water partition coefficient (Wildman–Crippen LogP) is 1.77. The van der Waals surface area contributed by atoms with Crippen LogP contribution >= 0.6 is 12.9 Å². The second kappa shape index (κ2) is 3.69. The van der Waals surface area contributed by atoms with Gasteiger partial charge in [-0.3, -0.25) is 12.9 Å². The topological polar surface area (TPSA) is 0 Å². The van der Waals surface area contributed by atoms with Crippen molar-refractivity contribution in [2.45, 2.75) is 6.92 Å². The molecule has 0 N–H and O–H groups in total. The van der Waals surface area contributed by atoms with Crippen molar-refractivity contribution < 1.29 is 4.39 Å². The fourth-order valence-corrected chi connectivity index (χ4v) is 2.74. The van der Waals surface area contributed by atoms with E-state index in [1.807, 2.05) is 13.0 Å². The molecule has 0 radical (unpaired) electrons. The number of halogens is 2. The molecule has 50 valence electrons. The van der Waals surface area contributed by atoms with Crippen molar-refractivity contribution in [1.82, 2.24) is 0 Å². The summed E-state index contributed by atoms with van der Waals surface area (Å²) in [5, 5.41) is 0. The van der Waals surface area contributed by atoms with E-state index < -0.39 is 18.2 Å². The smallest absolute Gasteiger partial charge is 0.296 e. The van der Waals surface area contributed by atoms with E-state index in [1.54, 1.807) is 6.07 Å². The fraction of sp³-hybridized carbons (Fsp3) is 0.143. The minimum absolute atomic E-state index is 0.0749. The Labute approximate surface area is 75.4 Å². The molecule has 0 saturated heterocycles. The molecule has 0 fully saturated rings. The Morgan fingerprint density at radius 3 is 2.70 bits per heavy atom. The third-order valence-corrected chi connectivity index (χ3v) is 3.99. The third-order valence-electron chi connectivity index (χ3n) is 1.35. The van der Waals surface area contributed by atoms with Crippen LogP contribution in [-0.4, -0.2) is 18.2 Å². The van der Waals surface area contributed by atoms with Crippen LogP contribution in [0.25, 0.3) is 0 Å². The Morgan fingerprint density at radius 1 is 1.50 bits per heavy atom. The van der Waals surface area contributed by atoms with Crippen LogP contribution in [0.3, 0.4) is 0 Å². The molecule has 0 aliphatic rings. The van der Waals surface area contributed by atoms with Crippen LogP contribution in [0.4, 0.5) is 4.39 Å². The van der Waals surface area contributed by atoms with Crippen LogP contribution < -0.4 is 3.69 Å². The molecule has 1 aromatic carbocycles. The second-order valence-electron chi connectivity index (χ2n) is 2.23. The van der Waals surface area contributed by atoms with Crippen molar-refractivity contribution in [1.29, 1.82) is 0 Å². The highest BCUT2D eigenvalue weighted by molar-refractivity contribution is 9.23. The number of hydrogen-bond acceptors (Lipinski definition) is 0. The Kier molecular flexibility index (Phi) is 3.13. The highest BCUT2D eigenvalue weighted by Gasteiger charge is 2.01. The SMILES string of the molecule is Cc1ccc(F)[c]([Mg][Br])c1. The van der Waals surface area contributed by atoms with Crippen molar-refractivity contribution in [2.75, 3.05) is 0 Å². The lowest BCUT2D eigenvalue weighted by molar-refractivity contribution is 0.635. The molecule has 0 atom stereocenters. The van der Waals surface area contributed by atoms with Crippen LogP contribution in [0.15, 0.2) is 18.2 Å². The molecule has 0 heterocycles. The average molecular weight is 213 g/mol. The number of hydrogen-bond donors (Lipinski definition) is 0. The van der Waals surface area contributed by atoms with Crippen LogP contribution in [0.5, 0.6) is 0 Å². The van der Waals surface area contributed by atoms with E-state index >= 15 is 0 Å². The Bertz CT molecular complexity index is 237. The molecule has 1 aromatic rings. The molecule has 0 aliphatic carbocycles. The first-order chi connectivity index (χ1) is 4.74. The van der Waals surface area contributed by atoms with Crippen molar-refractivity contribution in [3.05, 3.63) is 29.6 Å². The maximum Gasteiger partial charge on any atom is 0.511 e. The van der Waals surface area contributed by atoms with E-state index in [0.29, 0.717) is 0 Å². The molecule has 0 unspecified atom stereocenters. The lowest BCUT2D eigenvalue weighted by Gasteiger charge is -1.98. The number of rotatable bonds is 1. The van der Waals surface area contributed by atoms with Crippen molar-refractivity contribution in [3.63, 3.8) is 0 Å². The van der Waals surface area contributed by atoms with E-state index in [1.165, 1.54) is 6.07 Å². The van der Waals surface area contributed by atoms with Gasteiger partial charge in [-0.05, 0) is 13.0 Å². The van der Waals surface area contributed by atoms with E-state index in [4.69, 9.17) is 0 Å². The van der Waals surface area contributed by atoms with Gasteiger partial charge in [0.15, 0.2) is 0 Å². The van der Waals surface area contributed by atoms with Gasteiger partial charge in [0.2, 0.25) is 0 Å². The third kappa shape index (κ3) is 1.94. The second-order valence-corrected chi connectivity index (χ2v) is 4.94. The predicted molar refractivity (Wildman–Crippen MR) is 45.5 cm³/mol. The molecule has 0 nitrogen and oxygen atoms in total. The van der Waals surface area contributed by atoms with Gasteiger partial charge in [-0.1, -0.05) is 17.7 Å². The zero-order chi connectivity index (χ0) is 7.56. The summed E-state index contributed by atoms with van der Waals surface area (Å²) in [5.41, 5.74) is 1.13. The molecule has 0 saturated carbocycles. The van der Waals surface area contributed by atoms with Gasteiger partial charge in [-0.2, -0.15) is 0 Å². The minimum atomic E-state index is -0.522. The van der Waals surface area contributed by atoms with Gasteiger partial charge in [-0.15, -0.1) is 3.69 Å². The van der Waals surface area contributed by atoms with Crippen molar-refractivity contribution in [3.8, 4) is 0 Å². The molecular weight excluding hydrogens is 207 g/mol. The molecule has 0 aromatic heterocycles. The Morgan fingerprint density at radius 2 is 2.20 bits per heavy atom. The highest BCUT2D eigenvalue weighted by atomic mass is 79.9. The fourth-order valence-electron chi connectivity index (χ4n) is 0.806. The summed E-state index contributed by atoms with van der Waals surface area (Å²) in [6.07, 6.45) is 0. The first-order valence-corrected chi connectivity index (χ1v) is 7.65. The van der Waals surface area contributed by atoms with E-state index in [2.05, 4.69) is 12.9 Å². The van der Waals surface area contributed by atoms with Gasteiger partial charge in [-0.25, -0.2) is 4.39 Å². The lowest BCUT2D eigenvalue weighted by atomic mass is 10.2. The minimum Gasteiger partial charge on any atom is -0.296 e. The molecular formula is C7H6BrFMg. The van der Waals surface area contributed by atoms with Gasteiger partial charge < -0.3 is 0 Å². The van der Waals surface area contributed by atoms with Gasteiger partial charge in [0.05, 0.1) is 5.82 Å². The monoisotopic (exact) mass is 212 g/mol. The molecule has 0 amide bonds. The van der Waals surface area contributed by atoms with Crippen molar-refractivity contribution in [2.24, 2.45) is 0 Å². The summed E-state index contributed by atoms with van der Waals surface area (Å²) in [5.74, 6) is -0.0749. The molecule has 0 aliphatic heterocycles. The molecule has 0 bridgehead atoms. The van der Waals surface area contributed by atoms with Crippen LogP contribution in [-0.2, 0) is 0 Å². The van der Waals surface area contributed by atoms with Crippen molar-refractivity contribution >= 4 is 34.8 Å². The maximum atomic E-state index is 12.8. The van der Waals surface area contributed by atoms with E-state index in [0.717, 1.165) is 9.26 Å². The first-order valence-electron chi connectivity index (χ1n) is 3.05. The van der Waals surface area contributed by atoms with Gasteiger partial charge in [0.25, 0.3) is 0 Å². The van der Waals surface area contributed by atoms with E-state index in [9.17, 15) is 4.39 Å². The molecule has 3 heteroatoms. The Balaban J connectivity index is 3.09. The summed E-state index contributed by atoms with van der Waals surface area (Å²) in [7, 11) is 0. The zero-order valence-corrected chi connectivity index (χ0v) is 8.70. The van der Waals surface area contributed by atoms with E-state index in [-0.39, 0.29) is 5.82 Å². The average Bonchev–Trinajstić information content (AvgIpc) is 1.94. The number of aryl methyl sites for hydroxylation is 1. The summed E-state index contributed by atoms with van der Waals surface area (Å²) in [6, 6.07) is 5.21. The molecule has 1 rings (SSSR count). The maximum absolute atomic E-state index is 12.8. The number of benzene rings is 1. The largest absolute Gasteiger partial charge is 0.511 e. The standard InChI is InChI=1S/C7H6F.BrH.Mg/c1-6-2-4-7(8)5-3-6;;/h2-4H,1H3;1H;/q;;+1/p-1. The zero-order valence-electron chi connectivity index (χ0n) is 5.70. The lowest BCUT2D eigenvalue weighted by Crippen LogP contribution is -2.13. The molecule has 10 heavy (non-hydrogen) atoms. The summed E-state index contributed by atoms with van der Waals surface area (Å²) >= 11 is 2.82. The van der Waals surface area contributed by atoms with Gasteiger partial charge >= 0.3 is 18.2 Å². The van der Waals surface area contributed by atoms with Gasteiger partial charge in [0, 0.05) is 0 Å². The molecule has 0 spiro atoms. The van der Waals surface area contributed by atoms with Gasteiger partial charge in [0.1, 0.15) is 0 Å². The summed E-state index contributed by atoms with van der Waals surface area (Å²) in [6.45, 7) is 1.97. The van der Waals surface area contributed by atoms with Crippen LogP contribution in [0.2, 0.25) is 0 Å².